The molecule has 0 aliphatic heterocycles. The zero-order valence-electron chi connectivity index (χ0n) is 11.5. The summed E-state index contributed by atoms with van der Waals surface area (Å²) in [5.74, 6) is -0.155. The van der Waals surface area contributed by atoms with Crippen LogP contribution < -0.4 is 5.32 Å². The predicted octanol–water partition coefficient (Wildman–Crippen LogP) is 4.31. The Hall–Kier alpha value is -1.32. The van der Waals surface area contributed by atoms with Crippen LogP contribution in [-0.2, 0) is 6.54 Å². The lowest BCUT2D eigenvalue weighted by Gasteiger charge is -2.08. The Bertz CT molecular complexity index is 581. The topological polar surface area (TPSA) is 12.0 Å². The van der Waals surface area contributed by atoms with Gasteiger partial charge in [0.15, 0.2) is 0 Å². The molecule has 2 aromatic rings. The van der Waals surface area contributed by atoms with Gasteiger partial charge in [-0.1, -0.05) is 35.5 Å². The number of hydrogen-bond donors (Lipinski definition) is 1. The molecule has 0 saturated carbocycles. The highest BCUT2D eigenvalue weighted by molar-refractivity contribution is 7.99. The number of halogens is 1. The van der Waals surface area contributed by atoms with Crippen molar-refractivity contribution in [2.75, 3.05) is 7.05 Å². The number of hydrogen-bond acceptors (Lipinski definition) is 2. The molecule has 0 amide bonds. The van der Waals surface area contributed by atoms with Gasteiger partial charge in [0, 0.05) is 16.3 Å². The van der Waals surface area contributed by atoms with Crippen molar-refractivity contribution in [3.63, 3.8) is 0 Å². The molecule has 1 N–H and O–H groups in total. The van der Waals surface area contributed by atoms with Crippen molar-refractivity contribution in [1.29, 1.82) is 0 Å². The lowest BCUT2D eigenvalue weighted by atomic mass is 10.2. The van der Waals surface area contributed by atoms with Crippen LogP contribution in [0.5, 0.6) is 0 Å². The molecule has 100 valence electrons. The van der Waals surface area contributed by atoms with Gasteiger partial charge in [-0.15, -0.1) is 0 Å². The summed E-state index contributed by atoms with van der Waals surface area (Å²) in [7, 11) is 1.86. The Morgan fingerprint density at radius 3 is 2.42 bits per heavy atom. The Morgan fingerprint density at radius 1 is 1.05 bits per heavy atom. The SMILES string of the molecule is CNCc1ccc(Sc2ccc(C)cc2C)c(F)c1. The van der Waals surface area contributed by atoms with Crippen molar-refractivity contribution >= 4 is 11.8 Å². The Balaban J connectivity index is 2.23. The van der Waals surface area contributed by atoms with Crippen molar-refractivity contribution in [2.24, 2.45) is 0 Å². The van der Waals surface area contributed by atoms with Crippen LogP contribution in [0.3, 0.4) is 0 Å². The van der Waals surface area contributed by atoms with E-state index >= 15 is 0 Å². The molecule has 1 nitrogen and oxygen atoms in total. The van der Waals surface area contributed by atoms with Crippen molar-refractivity contribution in [3.05, 3.63) is 58.9 Å². The van der Waals surface area contributed by atoms with Crippen molar-refractivity contribution in [1.82, 2.24) is 5.32 Å². The largest absolute Gasteiger partial charge is 0.316 e. The molecule has 0 aliphatic rings. The van der Waals surface area contributed by atoms with Crippen molar-refractivity contribution in [3.8, 4) is 0 Å². The van der Waals surface area contributed by atoms with Gasteiger partial charge in [-0.25, -0.2) is 4.39 Å². The molecule has 0 radical (unpaired) electrons. The third-order valence-electron chi connectivity index (χ3n) is 2.93. The van der Waals surface area contributed by atoms with Crippen LogP contribution in [0.15, 0.2) is 46.2 Å². The van der Waals surface area contributed by atoms with E-state index in [2.05, 4.69) is 37.4 Å². The Labute approximate surface area is 118 Å². The van der Waals surface area contributed by atoms with Crippen LogP contribution in [0.4, 0.5) is 4.39 Å². The third kappa shape index (κ3) is 3.58. The quantitative estimate of drug-likeness (QED) is 0.892. The summed E-state index contributed by atoms with van der Waals surface area (Å²) in [4.78, 5) is 1.78. The lowest BCUT2D eigenvalue weighted by molar-refractivity contribution is 0.598. The highest BCUT2D eigenvalue weighted by atomic mass is 32.2. The molecule has 3 heteroatoms. The van der Waals surface area contributed by atoms with Gasteiger partial charge in [0.1, 0.15) is 5.82 Å². The van der Waals surface area contributed by atoms with E-state index in [1.165, 1.54) is 22.9 Å². The minimum absolute atomic E-state index is 0.155. The first-order valence-electron chi connectivity index (χ1n) is 6.28. The van der Waals surface area contributed by atoms with Gasteiger partial charge >= 0.3 is 0 Å². The maximum atomic E-state index is 14.0. The third-order valence-corrected chi connectivity index (χ3v) is 4.16. The summed E-state index contributed by atoms with van der Waals surface area (Å²) < 4.78 is 14.0. The molecular formula is C16H18FNS. The maximum absolute atomic E-state index is 14.0. The average Bonchev–Trinajstić information content (AvgIpc) is 2.36. The van der Waals surface area contributed by atoms with E-state index in [4.69, 9.17) is 0 Å². The predicted molar refractivity (Wildman–Crippen MR) is 79.2 cm³/mol. The van der Waals surface area contributed by atoms with Crippen LogP contribution in [0, 0.1) is 19.7 Å². The molecule has 2 rings (SSSR count). The van der Waals surface area contributed by atoms with Crippen LogP contribution in [0.1, 0.15) is 16.7 Å². The van der Waals surface area contributed by atoms with Gasteiger partial charge in [-0.2, -0.15) is 0 Å². The minimum Gasteiger partial charge on any atom is -0.316 e. The van der Waals surface area contributed by atoms with Crippen LogP contribution >= 0.6 is 11.8 Å². The molecule has 0 unspecified atom stereocenters. The monoisotopic (exact) mass is 275 g/mol. The van der Waals surface area contributed by atoms with E-state index in [9.17, 15) is 4.39 Å². The summed E-state index contributed by atoms with van der Waals surface area (Å²) in [6.45, 7) is 4.81. The van der Waals surface area contributed by atoms with Crippen LogP contribution in [0.2, 0.25) is 0 Å². The summed E-state index contributed by atoms with van der Waals surface area (Å²) in [5, 5.41) is 3.02. The minimum atomic E-state index is -0.155. The van der Waals surface area contributed by atoms with Crippen molar-refractivity contribution < 1.29 is 4.39 Å². The first-order chi connectivity index (χ1) is 9.10. The second-order valence-electron chi connectivity index (χ2n) is 4.67. The molecule has 0 bridgehead atoms. The maximum Gasteiger partial charge on any atom is 0.137 e. The zero-order chi connectivity index (χ0) is 13.8. The van der Waals surface area contributed by atoms with E-state index in [1.54, 1.807) is 6.07 Å². The number of aryl methyl sites for hydroxylation is 2. The van der Waals surface area contributed by atoms with Crippen LogP contribution in [-0.4, -0.2) is 7.05 Å². The summed E-state index contributed by atoms with van der Waals surface area (Å²) >= 11 is 1.48. The molecule has 0 saturated heterocycles. The smallest absolute Gasteiger partial charge is 0.137 e. The molecule has 0 atom stereocenters. The molecule has 2 aromatic carbocycles. The van der Waals surface area contributed by atoms with Gasteiger partial charge in [0.2, 0.25) is 0 Å². The van der Waals surface area contributed by atoms with Crippen LogP contribution in [0.25, 0.3) is 0 Å². The van der Waals surface area contributed by atoms with Gasteiger partial charge in [0.05, 0.1) is 0 Å². The van der Waals surface area contributed by atoms with E-state index in [1.807, 2.05) is 19.2 Å². The lowest BCUT2D eigenvalue weighted by Crippen LogP contribution is -2.05. The Kier molecular flexibility index (Phi) is 4.61. The fourth-order valence-corrected chi connectivity index (χ4v) is 2.86. The standard InChI is InChI=1S/C16H18FNS/c1-11-4-6-15(12(2)8-11)19-16-7-5-13(10-18-3)9-14(16)17/h4-9,18H,10H2,1-3H3. The van der Waals surface area contributed by atoms with Gasteiger partial charge in [-0.05, 0) is 50.2 Å². The van der Waals surface area contributed by atoms with Crippen molar-refractivity contribution in [2.45, 2.75) is 30.2 Å². The zero-order valence-corrected chi connectivity index (χ0v) is 12.3. The van der Waals surface area contributed by atoms with Gasteiger partial charge < -0.3 is 5.32 Å². The van der Waals surface area contributed by atoms with E-state index in [0.717, 1.165) is 10.5 Å². The van der Waals surface area contributed by atoms with Gasteiger partial charge in [0.25, 0.3) is 0 Å². The van der Waals surface area contributed by atoms with E-state index < -0.39 is 0 Å². The summed E-state index contributed by atoms with van der Waals surface area (Å²) in [6, 6.07) is 11.6. The molecule has 0 aromatic heterocycles. The molecule has 0 spiro atoms. The number of nitrogens with one attached hydrogen (secondary N) is 1. The molecule has 0 heterocycles. The Morgan fingerprint density at radius 2 is 1.79 bits per heavy atom. The number of rotatable bonds is 4. The fraction of sp³-hybridized carbons (Fsp3) is 0.250. The molecular weight excluding hydrogens is 257 g/mol. The molecule has 0 fully saturated rings. The number of benzene rings is 2. The molecule has 19 heavy (non-hydrogen) atoms. The molecule has 0 aliphatic carbocycles. The summed E-state index contributed by atoms with van der Waals surface area (Å²) in [5.41, 5.74) is 3.38. The fourth-order valence-electron chi connectivity index (χ4n) is 1.97. The van der Waals surface area contributed by atoms with Gasteiger partial charge in [-0.3, -0.25) is 0 Å². The first-order valence-corrected chi connectivity index (χ1v) is 7.10. The van der Waals surface area contributed by atoms with E-state index in [-0.39, 0.29) is 5.82 Å². The highest BCUT2D eigenvalue weighted by Gasteiger charge is 2.07. The first kappa shape index (κ1) is 14.1. The highest BCUT2D eigenvalue weighted by Crippen LogP contribution is 2.32. The van der Waals surface area contributed by atoms with E-state index in [0.29, 0.717) is 11.4 Å². The second kappa shape index (κ2) is 6.22. The normalized spacial score (nSPS) is 10.7. The summed E-state index contributed by atoms with van der Waals surface area (Å²) in [6.07, 6.45) is 0. The second-order valence-corrected chi connectivity index (χ2v) is 5.75. The average molecular weight is 275 g/mol.